The third-order valence-electron chi connectivity index (χ3n) is 4.69. The first-order chi connectivity index (χ1) is 13.6. The molecular weight excluding hydrogens is 366 g/mol. The van der Waals surface area contributed by atoms with E-state index < -0.39 is 5.91 Å². The monoisotopic (exact) mass is 395 g/mol. The van der Waals surface area contributed by atoms with Crippen LogP contribution >= 0.6 is 0 Å². The van der Waals surface area contributed by atoms with Gasteiger partial charge in [-0.15, -0.1) is 0 Å². The zero-order valence-corrected chi connectivity index (χ0v) is 17.5. The van der Waals surface area contributed by atoms with E-state index in [4.69, 9.17) is 5.73 Å². The normalized spacial score (nSPS) is 11.0. The Bertz CT molecular complexity index is 883. The molecule has 0 saturated heterocycles. The molecule has 0 bridgehead atoms. The molecule has 0 aliphatic heterocycles. The molecule has 154 valence electrons. The predicted octanol–water partition coefficient (Wildman–Crippen LogP) is 2.86. The zero-order chi connectivity index (χ0) is 21.6. The van der Waals surface area contributed by atoms with Crippen LogP contribution in [-0.4, -0.2) is 36.2 Å². The molecule has 3 N–H and O–H groups in total. The molecule has 0 aliphatic carbocycles. The minimum Gasteiger partial charge on any atom is -0.366 e. The maximum Gasteiger partial charge on any atom is 0.251 e. The molecule has 0 aliphatic rings. The smallest absolute Gasteiger partial charge is 0.251 e. The summed E-state index contributed by atoms with van der Waals surface area (Å²) in [6, 6.07) is 14.4. The number of benzene rings is 2. The van der Waals surface area contributed by atoms with Gasteiger partial charge in [-0.25, -0.2) is 0 Å². The molecule has 0 saturated carbocycles. The van der Waals surface area contributed by atoms with E-state index in [0.717, 1.165) is 11.1 Å². The number of nitrogens with two attached hydrogens (primary N) is 1. The van der Waals surface area contributed by atoms with Crippen LogP contribution in [-0.2, 0) is 16.8 Å². The van der Waals surface area contributed by atoms with Crippen molar-refractivity contribution in [2.45, 2.75) is 39.2 Å². The number of rotatable bonds is 7. The number of amides is 3. The SMILES string of the molecule is CN(Cc1cccc(C(N)=O)c1)C(=O)CCNC(=O)c1ccc(C(C)(C)C)cc1. The Morgan fingerprint density at radius 2 is 1.66 bits per heavy atom. The van der Waals surface area contributed by atoms with Gasteiger partial charge < -0.3 is 16.0 Å². The van der Waals surface area contributed by atoms with Crippen LogP contribution in [0.25, 0.3) is 0 Å². The van der Waals surface area contributed by atoms with Gasteiger partial charge in [-0.3, -0.25) is 14.4 Å². The van der Waals surface area contributed by atoms with Crippen molar-refractivity contribution in [2.75, 3.05) is 13.6 Å². The number of hydrogen-bond acceptors (Lipinski definition) is 3. The van der Waals surface area contributed by atoms with Crippen LogP contribution in [0.5, 0.6) is 0 Å². The summed E-state index contributed by atoms with van der Waals surface area (Å²) >= 11 is 0. The number of nitrogens with one attached hydrogen (secondary N) is 1. The lowest BCUT2D eigenvalue weighted by Gasteiger charge is -2.19. The molecule has 0 atom stereocenters. The second-order valence-electron chi connectivity index (χ2n) is 8.15. The summed E-state index contributed by atoms with van der Waals surface area (Å²) in [6.07, 6.45) is 0.192. The Balaban J connectivity index is 1.83. The molecule has 0 heterocycles. The summed E-state index contributed by atoms with van der Waals surface area (Å²) in [5.41, 5.74) is 8.28. The molecule has 0 fully saturated rings. The van der Waals surface area contributed by atoms with Gasteiger partial charge in [-0.05, 0) is 40.8 Å². The van der Waals surface area contributed by atoms with Gasteiger partial charge in [0, 0.05) is 37.7 Å². The topological polar surface area (TPSA) is 92.5 Å². The van der Waals surface area contributed by atoms with Gasteiger partial charge in [0.15, 0.2) is 0 Å². The molecule has 0 spiro atoms. The highest BCUT2D eigenvalue weighted by molar-refractivity contribution is 5.94. The maximum absolute atomic E-state index is 12.3. The van der Waals surface area contributed by atoms with Crippen LogP contribution < -0.4 is 11.1 Å². The van der Waals surface area contributed by atoms with E-state index in [-0.39, 0.29) is 30.2 Å². The molecule has 2 aromatic carbocycles. The van der Waals surface area contributed by atoms with Crippen molar-refractivity contribution in [3.05, 3.63) is 70.8 Å². The van der Waals surface area contributed by atoms with E-state index in [2.05, 4.69) is 26.1 Å². The van der Waals surface area contributed by atoms with Gasteiger partial charge in [0.05, 0.1) is 0 Å². The fourth-order valence-electron chi connectivity index (χ4n) is 2.88. The molecule has 0 aromatic heterocycles. The lowest BCUT2D eigenvalue weighted by molar-refractivity contribution is -0.130. The highest BCUT2D eigenvalue weighted by Gasteiger charge is 2.15. The van der Waals surface area contributed by atoms with E-state index in [1.807, 2.05) is 18.2 Å². The van der Waals surface area contributed by atoms with Gasteiger partial charge in [0.25, 0.3) is 5.91 Å². The van der Waals surface area contributed by atoms with Crippen molar-refractivity contribution < 1.29 is 14.4 Å². The zero-order valence-electron chi connectivity index (χ0n) is 17.5. The summed E-state index contributed by atoms with van der Waals surface area (Å²) in [5.74, 6) is -0.799. The van der Waals surface area contributed by atoms with Crippen LogP contribution in [0, 0.1) is 0 Å². The van der Waals surface area contributed by atoms with Crippen molar-refractivity contribution >= 4 is 17.7 Å². The third-order valence-corrected chi connectivity index (χ3v) is 4.69. The number of carbonyl (C=O) groups is 3. The van der Waals surface area contributed by atoms with Gasteiger partial charge in [0.1, 0.15) is 0 Å². The number of nitrogens with zero attached hydrogens (tertiary/aromatic N) is 1. The quantitative estimate of drug-likeness (QED) is 0.755. The van der Waals surface area contributed by atoms with Gasteiger partial charge in [-0.2, -0.15) is 0 Å². The molecule has 0 radical (unpaired) electrons. The Morgan fingerprint density at radius 3 is 2.24 bits per heavy atom. The second-order valence-corrected chi connectivity index (χ2v) is 8.15. The van der Waals surface area contributed by atoms with Crippen molar-refractivity contribution in [2.24, 2.45) is 5.73 Å². The largest absolute Gasteiger partial charge is 0.366 e. The molecular formula is C23H29N3O3. The predicted molar refractivity (Wildman–Crippen MR) is 114 cm³/mol. The molecule has 6 nitrogen and oxygen atoms in total. The third kappa shape index (κ3) is 6.45. The van der Waals surface area contributed by atoms with E-state index >= 15 is 0 Å². The standard InChI is InChI=1S/C23H29N3O3/c1-23(2,3)19-10-8-17(9-11-19)22(29)25-13-12-20(27)26(4)15-16-6-5-7-18(14-16)21(24)28/h5-11,14H,12-13,15H2,1-4H3,(H2,24,28)(H,25,29). The first kappa shape index (κ1) is 22.1. The van der Waals surface area contributed by atoms with Crippen molar-refractivity contribution in [1.29, 1.82) is 0 Å². The molecule has 3 amide bonds. The minimum absolute atomic E-state index is 0.0307. The van der Waals surface area contributed by atoms with Crippen LogP contribution in [0.15, 0.2) is 48.5 Å². The summed E-state index contributed by atoms with van der Waals surface area (Å²) in [6.45, 7) is 6.98. The number of primary amides is 1. The fraction of sp³-hybridized carbons (Fsp3) is 0.348. The number of hydrogen-bond donors (Lipinski definition) is 2. The summed E-state index contributed by atoms with van der Waals surface area (Å²) in [5, 5.41) is 2.78. The number of carbonyl (C=O) groups excluding carboxylic acids is 3. The first-order valence-electron chi connectivity index (χ1n) is 9.59. The average Bonchev–Trinajstić information content (AvgIpc) is 2.67. The second kappa shape index (κ2) is 9.37. The Labute approximate surface area is 172 Å². The van der Waals surface area contributed by atoms with Crippen molar-refractivity contribution in [1.82, 2.24) is 10.2 Å². The van der Waals surface area contributed by atoms with E-state index in [1.54, 1.807) is 42.3 Å². The minimum atomic E-state index is -0.501. The van der Waals surface area contributed by atoms with Crippen LogP contribution in [0.3, 0.4) is 0 Å². The van der Waals surface area contributed by atoms with Crippen molar-refractivity contribution in [3.8, 4) is 0 Å². The van der Waals surface area contributed by atoms with E-state index in [9.17, 15) is 14.4 Å². The molecule has 29 heavy (non-hydrogen) atoms. The summed E-state index contributed by atoms with van der Waals surface area (Å²) in [4.78, 5) is 37.4. The molecule has 2 aromatic rings. The van der Waals surface area contributed by atoms with Crippen LogP contribution in [0.4, 0.5) is 0 Å². The Kier molecular flexibility index (Phi) is 7.15. The first-order valence-corrected chi connectivity index (χ1v) is 9.59. The van der Waals surface area contributed by atoms with Gasteiger partial charge in [0.2, 0.25) is 11.8 Å². The fourth-order valence-corrected chi connectivity index (χ4v) is 2.88. The van der Waals surface area contributed by atoms with Crippen LogP contribution in [0.1, 0.15) is 59.0 Å². The highest BCUT2D eigenvalue weighted by atomic mass is 16.2. The molecule has 6 heteroatoms. The molecule has 2 rings (SSSR count). The van der Waals surface area contributed by atoms with Crippen LogP contribution in [0.2, 0.25) is 0 Å². The highest BCUT2D eigenvalue weighted by Crippen LogP contribution is 2.22. The van der Waals surface area contributed by atoms with E-state index in [0.29, 0.717) is 17.7 Å². The lowest BCUT2D eigenvalue weighted by atomic mass is 9.87. The summed E-state index contributed by atoms with van der Waals surface area (Å²) < 4.78 is 0. The molecule has 0 unspecified atom stereocenters. The van der Waals surface area contributed by atoms with Gasteiger partial charge in [-0.1, -0.05) is 45.0 Å². The van der Waals surface area contributed by atoms with Gasteiger partial charge >= 0.3 is 0 Å². The van der Waals surface area contributed by atoms with E-state index in [1.165, 1.54) is 0 Å². The average molecular weight is 396 g/mol. The Hall–Kier alpha value is -3.15. The lowest BCUT2D eigenvalue weighted by Crippen LogP contribution is -2.32. The summed E-state index contributed by atoms with van der Waals surface area (Å²) in [7, 11) is 1.69. The Morgan fingerprint density at radius 1 is 1.00 bits per heavy atom. The maximum atomic E-state index is 12.3. The van der Waals surface area contributed by atoms with Crippen molar-refractivity contribution in [3.63, 3.8) is 0 Å².